The van der Waals surface area contributed by atoms with E-state index in [0.29, 0.717) is 6.54 Å². The average molecular weight is 436 g/mol. The number of benzene rings is 2. The predicted molar refractivity (Wildman–Crippen MR) is 128 cm³/mol. The molecule has 0 aliphatic carbocycles. The van der Waals surface area contributed by atoms with Gasteiger partial charge in [0.2, 0.25) is 0 Å². The number of fused-ring (bicyclic) bond motifs is 1. The van der Waals surface area contributed by atoms with Crippen LogP contribution in [0, 0.1) is 0 Å². The van der Waals surface area contributed by atoms with Gasteiger partial charge in [0, 0.05) is 47.7 Å². The van der Waals surface area contributed by atoms with Crippen LogP contribution in [0.4, 0.5) is 0 Å². The highest BCUT2D eigenvalue weighted by Gasteiger charge is 2.22. The molecule has 2 aromatic carbocycles. The van der Waals surface area contributed by atoms with Crippen LogP contribution in [-0.4, -0.2) is 45.8 Å². The minimum atomic E-state index is -0.560. The van der Waals surface area contributed by atoms with Crippen molar-refractivity contribution in [1.82, 2.24) is 15.4 Å². The number of aliphatic hydroxyl groups excluding tert-OH is 1. The van der Waals surface area contributed by atoms with E-state index in [1.54, 1.807) is 11.6 Å². The number of hydroxylamine groups is 1. The molecule has 0 aliphatic heterocycles. The molecule has 0 bridgehead atoms. The molecule has 4 N–H and O–H groups in total. The van der Waals surface area contributed by atoms with Gasteiger partial charge in [-0.2, -0.15) is 0 Å². The first kappa shape index (κ1) is 23.7. The summed E-state index contributed by atoms with van der Waals surface area (Å²) >= 11 is 0. The number of nitrogens with one attached hydrogen (secondary N) is 2. The summed E-state index contributed by atoms with van der Waals surface area (Å²) in [7, 11) is 0. The van der Waals surface area contributed by atoms with Gasteiger partial charge in [0.1, 0.15) is 0 Å². The Morgan fingerprint density at radius 2 is 1.81 bits per heavy atom. The van der Waals surface area contributed by atoms with Crippen molar-refractivity contribution in [3.63, 3.8) is 0 Å². The Hall–Kier alpha value is -2.93. The number of aromatic amines is 1. The fourth-order valence-corrected chi connectivity index (χ4v) is 3.98. The van der Waals surface area contributed by atoms with Gasteiger partial charge in [-0.25, -0.2) is 5.48 Å². The minimum absolute atomic E-state index is 0.0203. The molecule has 3 aromatic rings. The van der Waals surface area contributed by atoms with E-state index in [0.717, 1.165) is 30.6 Å². The van der Waals surface area contributed by atoms with Crippen LogP contribution in [0.25, 0.3) is 17.0 Å². The van der Waals surface area contributed by atoms with E-state index in [4.69, 9.17) is 5.21 Å². The van der Waals surface area contributed by atoms with E-state index in [1.165, 1.54) is 28.2 Å². The highest BCUT2D eigenvalue weighted by atomic mass is 16.5. The van der Waals surface area contributed by atoms with Gasteiger partial charge in [0.15, 0.2) is 0 Å². The molecular weight excluding hydrogens is 402 g/mol. The highest BCUT2D eigenvalue weighted by molar-refractivity contribution is 5.90. The van der Waals surface area contributed by atoms with Gasteiger partial charge in [-0.05, 0) is 35.3 Å². The molecule has 0 saturated carbocycles. The van der Waals surface area contributed by atoms with Gasteiger partial charge in [-0.3, -0.25) is 14.9 Å². The summed E-state index contributed by atoms with van der Waals surface area (Å²) in [6.45, 7) is 8.97. The first-order valence-corrected chi connectivity index (χ1v) is 11.0. The lowest BCUT2D eigenvalue weighted by atomic mass is 9.88. The van der Waals surface area contributed by atoms with Crippen molar-refractivity contribution in [2.24, 2.45) is 0 Å². The van der Waals surface area contributed by atoms with Gasteiger partial charge in [0.05, 0.1) is 6.61 Å². The third-order valence-corrected chi connectivity index (χ3v) is 5.58. The zero-order valence-corrected chi connectivity index (χ0v) is 19.1. The normalized spacial score (nSPS) is 12.2. The number of H-pyrrole nitrogens is 1. The van der Waals surface area contributed by atoms with Gasteiger partial charge in [-0.1, -0.05) is 63.2 Å². The first-order chi connectivity index (χ1) is 15.3. The standard InChI is InChI=1S/C26H33N3O3/c1-26(2,3)25-22(21-6-4-5-7-23(21)27-25)14-15-29(16-17-30)18-20-10-8-19(9-11-20)12-13-24(31)28-32/h4-13,27,30,32H,14-18H2,1-3H3,(H,28,31)/b13-12+. The number of hydrogen-bond acceptors (Lipinski definition) is 4. The molecule has 1 amide bonds. The maximum atomic E-state index is 11.1. The molecular formula is C26H33N3O3. The second kappa shape index (κ2) is 10.6. The van der Waals surface area contributed by atoms with Crippen molar-refractivity contribution in [1.29, 1.82) is 0 Å². The Balaban J connectivity index is 1.73. The number of amides is 1. The van der Waals surface area contributed by atoms with E-state index < -0.39 is 5.91 Å². The Labute approximate surface area is 189 Å². The summed E-state index contributed by atoms with van der Waals surface area (Å²) < 4.78 is 0. The van der Waals surface area contributed by atoms with E-state index in [-0.39, 0.29) is 12.0 Å². The monoisotopic (exact) mass is 435 g/mol. The number of para-hydroxylation sites is 1. The quantitative estimate of drug-likeness (QED) is 0.232. The maximum absolute atomic E-state index is 11.1. The predicted octanol–water partition coefficient (Wildman–Crippen LogP) is 4.02. The molecule has 0 saturated heterocycles. The summed E-state index contributed by atoms with van der Waals surface area (Å²) in [5, 5.41) is 19.4. The Kier molecular flexibility index (Phi) is 7.85. The second-order valence-electron chi connectivity index (χ2n) is 9.07. The number of hydrogen-bond donors (Lipinski definition) is 4. The third kappa shape index (κ3) is 6.07. The van der Waals surface area contributed by atoms with Crippen LogP contribution in [0.15, 0.2) is 54.6 Å². The van der Waals surface area contributed by atoms with Crippen LogP contribution in [0.3, 0.4) is 0 Å². The molecule has 1 aromatic heterocycles. The van der Waals surface area contributed by atoms with Crippen LogP contribution < -0.4 is 5.48 Å². The molecule has 0 aliphatic rings. The van der Waals surface area contributed by atoms with Crippen molar-refractivity contribution in [3.05, 3.63) is 77.0 Å². The first-order valence-electron chi connectivity index (χ1n) is 11.0. The maximum Gasteiger partial charge on any atom is 0.267 e. The number of rotatable bonds is 9. The van der Waals surface area contributed by atoms with E-state index in [2.05, 4.69) is 54.9 Å². The summed E-state index contributed by atoms with van der Waals surface area (Å²) in [6, 6.07) is 16.4. The fourth-order valence-electron chi connectivity index (χ4n) is 3.98. The molecule has 0 spiro atoms. The van der Waals surface area contributed by atoms with Gasteiger partial charge < -0.3 is 10.1 Å². The lowest BCUT2D eigenvalue weighted by Gasteiger charge is -2.24. The zero-order chi connectivity index (χ0) is 23.1. The number of aromatic nitrogens is 1. The fraction of sp³-hybridized carbons (Fsp3) is 0.346. The third-order valence-electron chi connectivity index (χ3n) is 5.58. The summed E-state index contributed by atoms with van der Waals surface area (Å²) in [5.74, 6) is -0.560. The molecule has 170 valence electrons. The lowest BCUT2D eigenvalue weighted by Crippen LogP contribution is -2.29. The molecule has 0 radical (unpaired) electrons. The number of carbonyl (C=O) groups is 1. The molecule has 32 heavy (non-hydrogen) atoms. The number of carbonyl (C=O) groups excluding carboxylic acids is 1. The van der Waals surface area contributed by atoms with Crippen molar-refractivity contribution >= 4 is 22.9 Å². The average Bonchev–Trinajstić information content (AvgIpc) is 3.16. The van der Waals surface area contributed by atoms with Crippen molar-refractivity contribution in [2.75, 3.05) is 19.7 Å². The van der Waals surface area contributed by atoms with Gasteiger partial charge >= 0.3 is 0 Å². The van der Waals surface area contributed by atoms with Gasteiger partial charge in [0.25, 0.3) is 5.91 Å². The molecule has 0 fully saturated rings. The molecule has 0 unspecified atom stereocenters. The Bertz CT molecular complexity index is 1060. The van der Waals surface area contributed by atoms with Crippen LogP contribution in [0.5, 0.6) is 0 Å². The van der Waals surface area contributed by atoms with Crippen molar-refractivity contribution < 1.29 is 15.1 Å². The largest absolute Gasteiger partial charge is 0.395 e. The van der Waals surface area contributed by atoms with E-state index >= 15 is 0 Å². The van der Waals surface area contributed by atoms with Crippen LogP contribution >= 0.6 is 0 Å². The van der Waals surface area contributed by atoms with Crippen LogP contribution in [0.2, 0.25) is 0 Å². The molecule has 6 heteroatoms. The summed E-state index contributed by atoms with van der Waals surface area (Å²) in [5.41, 5.74) is 7.39. The van der Waals surface area contributed by atoms with Gasteiger partial charge in [-0.15, -0.1) is 0 Å². The Morgan fingerprint density at radius 1 is 1.09 bits per heavy atom. The lowest BCUT2D eigenvalue weighted by molar-refractivity contribution is -0.124. The second-order valence-corrected chi connectivity index (χ2v) is 9.07. The topological polar surface area (TPSA) is 88.6 Å². The van der Waals surface area contributed by atoms with E-state index in [1.807, 2.05) is 24.3 Å². The summed E-state index contributed by atoms with van der Waals surface area (Å²) in [6.07, 6.45) is 3.82. The number of nitrogens with zero attached hydrogens (tertiary/aromatic N) is 1. The zero-order valence-electron chi connectivity index (χ0n) is 19.1. The highest BCUT2D eigenvalue weighted by Crippen LogP contribution is 2.31. The Morgan fingerprint density at radius 3 is 2.47 bits per heavy atom. The molecule has 0 atom stereocenters. The SMILES string of the molecule is CC(C)(C)c1[nH]c2ccccc2c1CCN(CCO)Cc1ccc(/C=C/C(=O)NO)cc1. The summed E-state index contributed by atoms with van der Waals surface area (Å²) in [4.78, 5) is 17.0. The molecule has 1 heterocycles. The minimum Gasteiger partial charge on any atom is -0.395 e. The van der Waals surface area contributed by atoms with Crippen LogP contribution in [-0.2, 0) is 23.2 Å². The smallest absolute Gasteiger partial charge is 0.267 e. The molecule has 6 nitrogen and oxygen atoms in total. The van der Waals surface area contributed by atoms with Crippen molar-refractivity contribution in [3.8, 4) is 0 Å². The van der Waals surface area contributed by atoms with E-state index in [9.17, 15) is 9.90 Å². The van der Waals surface area contributed by atoms with Crippen molar-refractivity contribution in [2.45, 2.75) is 39.2 Å². The molecule has 3 rings (SSSR count). The van der Waals surface area contributed by atoms with Crippen LogP contribution in [0.1, 0.15) is 43.2 Å². The number of aliphatic hydroxyl groups is 1.